The second-order valence-corrected chi connectivity index (χ2v) is 8.76. The fourth-order valence-corrected chi connectivity index (χ4v) is 5.52. The average Bonchev–Trinajstić information content (AvgIpc) is 3.17. The maximum atomic E-state index is 12.6. The third-order valence-electron chi connectivity index (χ3n) is 4.46. The lowest BCUT2D eigenvalue weighted by Crippen LogP contribution is -2.44. The van der Waals surface area contributed by atoms with Crippen molar-refractivity contribution in [2.24, 2.45) is 0 Å². The Morgan fingerprint density at radius 2 is 1.70 bits per heavy atom. The lowest BCUT2D eigenvalue weighted by Gasteiger charge is -2.26. The van der Waals surface area contributed by atoms with E-state index in [1.54, 1.807) is 24.8 Å². The number of carbonyl (C=O) groups is 1. The van der Waals surface area contributed by atoms with Crippen molar-refractivity contribution in [1.82, 2.24) is 13.5 Å². The molecular weight excluding hydrogens is 334 g/mol. The smallest absolute Gasteiger partial charge is 0.282 e. The zero-order valence-electron chi connectivity index (χ0n) is 13.2. The van der Waals surface area contributed by atoms with Gasteiger partial charge in [0.25, 0.3) is 10.2 Å². The molecule has 3 rings (SSSR count). The van der Waals surface area contributed by atoms with E-state index in [9.17, 15) is 13.2 Å². The highest BCUT2D eigenvalue weighted by Gasteiger charge is 2.33. The van der Waals surface area contributed by atoms with Crippen LogP contribution >= 0.6 is 11.3 Å². The summed E-state index contributed by atoms with van der Waals surface area (Å²) in [6, 6.07) is 1.96. The normalized spacial score (nSPS) is 21.5. The second-order valence-electron chi connectivity index (χ2n) is 6.06. The highest BCUT2D eigenvalue weighted by Crippen LogP contribution is 2.18. The largest absolute Gasteiger partial charge is 0.341 e. The predicted molar refractivity (Wildman–Crippen MR) is 90.5 cm³/mol. The summed E-state index contributed by atoms with van der Waals surface area (Å²) in [5.74, 6) is 0.0869. The van der Waals surface area contributed by atoms with E-state index in [1.165, 1.54) is 0 Å². The van der Waals surface area contributed by atoms with E-state index in [4.69, 9.17) is 0 Å². The number of hydrogen-bond acceptors (Lipinski definition) is 4. The molecule has 6 nitrogen and oxygen atoms in total. The average molecular weight is 358 g/mol. The van der Waals surface area contributed by atoms with Crippen molar-refractivity contribution in [2.45, 2.75) is 25.7 Å². The number of rotatable bonds is 4. The van der Waals surface area contributed by atoms with Gasteiger partial charge >= 0.3 is 0 Å². The molecule has 3 heterocycles. The van der Waals surface area contributed by atoms with Gasteiger partial charge in [-0.3, -0.25) is 4.79 Å². The molecular formula is C15H23N3O3S2. The summed E-state index contributed by atoms with van der Waals surface area (Å²) in [5.41, 5.74) is 1.03. The molecule has 1 aromatic rings. The van der Waals surface area contributed by atoms with Crippen LogP contribution in [0.3, 0.4) is 0 Å². The van der Waals surface area contributed by atoms with Crippen LogP contribution in [0, 0.1) is 0 Å². The van der Waals surface area contributed by atoms with E-state index in [0.717, 1.165) is 18.4 Å². The topological polar surface area (TPSA) is 60.9 Å². The minimum absolute atomic E-state index is 0.0869. The molecule has 0 unspecified atom stereocenters. The number of hydrogen-bond donors (Lipinski definition) is 0. The summed E-state index contributed by atoms with van der Waals surface area (Å²) in [6.07, 6.45) is 2.99. The van der Waals surface area contributed by atoms with Crippen LogP contribution in [0.5, 0.6) is 0 Å². The highest BCUT2D eigenvalue weighted by atomic mass is 32.2. The molecule has 1 amide bonds. The molecule has 2 fully saturated rings. The number of nitrogens with zero attached hydrogens (tertiary/aromatic N) is 3. The van der Waals surface area contributed by atoms with E-state index >= 15 is 0 Å². The van der Waals surface area contributed by atoms with Gasteiger partial charge in [-0.15, -0.1) is 0 Å². The van der Waals surface area contributed by atoms with Gasteiger partial charge in [-0.1, -0.05) is 0 Å². The summed E-state index contributed by atoms with van der Waals surface area (Å²) in [5, 5.41) is 3.95. The summed E-state index contributed by atoms with van der Waals surface area (Å²) < 4.78 is 28.4. The second kappa shape index (κ2) is 7.29. The van der Waals surface area contributed by atoms with Gasteiger partial charge < -0.3 is 4.90 Å². The number of amides is 1. The zero-order chi connectivity index (χ0) is 16.3. The van der Waals surface area contributed by atoms with Gasteiger partial charge in [-0.2, -0.15) is 28.4 Å². The molecule has 2 aliphatic rings. The lowest BCUT2D eigenvalue weighted by atomic mass is 10.2. The molecule has 0 N–H and O–H groups in total. The number of thiophene rings is 1. The summed E-state index contributed by atoms with van der Waals surface area (Å²) in [6.45, 7) is 3.26. The molecule has 0 saturated carbocycles. The molecule has 0 atom stereocenters. The molecule has 0 spiro atoms. The van der Waals surface area contributed by atoms with Gasteiger partial charge in [0.05, 0.1) is 6.42 Å². The molecule has 0 radical (unpaired) electrons. The monoisotopic (exact) mass is 357 g/mol. The van der Waals surface area contributed by atoms with Crippen LogP contribution < -0.4 is 0 Å². The van der Waals surface area contributed by atoms with Crippen molar-refractivity contribution in [3.8, 4) is 0 Å². The van der Waals surface area contributed by atoms with Crippen molar-refractivity contribution in [2.75, 3.05) is 39.3 Å². The first-order valence-corrected chi connectivity index (χ1v) is 10.5. The summed E-state index contributed by atoms with van der Waals surface area (Å²) >= 11 is 1.59. The van der Waals surface area contributed by atoms with E-state index in [0.29, 0.717) is 52.1 Å². The maximum Gasteiger partial charge on any atom is 0.282 e. The molecule has 128 valence electrons. The summed E-state index contributed by atoms with van der Waals surface area (Å²) in [4.78, 5) is 14.2. The summed E-state index contributed by atoms with van der Waals surface area (Å²) in [7, 11) is -3.35. The van der Waals surface area contributed by atoms with Crippen LogP contribution in [0.4, 0.5) is 0 Å². The van der Waals surface area contributed by atoms with Crippen molar-refractivity contribution in [3.63, 3.8) is 0 Å². The van der Waals surface area contributed by atoms with E-state index < -0.39 is 10.2 Å². The van der Waals surface area contributed by atoms with Crippen LogP contribution in [-0.2, 0) is 21.4 Å². The van der Waals surface area contributed by atoms with Crippen molar-refractivity contribution < 1.29 is 13.2 Å². The predicted octanol–water partition coefficient (Wildman–Crippen LogP) is 1.17. The zero-order valence-corrected chi connectivity index (χ0v) is 14.8. The first kappa shape index (κ1) is 16.9. The van der Waals surface area contributed by atoms with E-state index in [1.807, 2.05) is 16.8 Å². The van der Waals surface area contributed by atoms with E-state index in [2.05, 4.69) is 0 Å². The minimum atomic E-state index is -3.35. The molecule has 0 aliphatic carbocycles. The number of carbonyl (C=O) groups excluding carboxylic acids is 1. The quantitative estimate of drug-likeness (QED) is 0.813. The Labute approximate surface area is 141 Å². The fourth-order valence-electron chi connectivity index (χ4n) is 3.14. The molecule has 0 aromatic carbocycles. The Morgan fingerprint density at radius 3 is 2.39 bits per heavy atom. The molecule has 1 aromatic heterocycles. The molecule has 23 heavy (non-hydrogen) atoms. The van der Waals surface area contributed by atoms with Crippen molar-refractivity contribution >= 4 is 27.5 Å². The van der Waals surface area contributed by atoms with Crippen molar-refractivity contribution in [1.29, 1.82) is 0 Å². The lowest BCUT2D eigenvalue weighted by molar-refractivity contribution is -0.130. The Hall–Kier alpha value is -0.960. The molecule has 2 aliphatic heterocycles. The van der Waals surface area contributed by atoms with Crippen LogP contribution in [0.2, 0.25) is 0 Å². The first-order valence-electron chi connectivity index (χ1n) is 8.11. The Balaban J connectivity index is 1.59. The molecule has 0 bridgehead atoms. The maximum absolute atomic E-state index is 12.6. The van der Waals surface area contributed by atoms with Crippen LogP contribution in [0.25, 0.3) is 0 Å². The van der Waals surface area contributed by atoms with Crippen LogP contribution in [0.1, 0.15) is 24.8 Å². The van der Waals surface area contributed by atoms with Gasteiger partial charge in [0, 0.05) is 39.3 Å². The van der Waals surface area contributed by atoms with Crippen molar-refractivity contribution in [3.05, 3.63) is 22.4 Å². The Bertz CT molecular complexity index is 624. The third-order valence-corrected chi connectivity index (χ3v) is 7.23. The first-order chi connectivity index (χ1) is 11.1. The SMILES string of the molecule is O=C(Cc1ccsc1)N1CCCN(S(=O)(=O)N2CCCC2)CC1. The van der Waals surface area contributed by atoms with E-state index in [-0.39, 0.29) is 5.91 Å². The third kappa shape index (κ3) is 3.93. The standard InChI is InChI=1S/C15H23N3O3S2/c19-15(12-14-4-11-22-13-14)16-5-3-8-18(10-9-16)23(20,21)17-6-1-2-7-17/h4,11,13H,1-3,5-10,12H2. The van der Waals surface area contributed by atoms with Gasteiger partial charge in [0.1, 0.15) is 0 Å². The van der Waals surface area contributed by atoms with Crippen LogP contribution in [-0.4, -0.2) is 67.1 Å². The molecule has 8 heteroatoms. The van der Waals surface area contributed by atoms with Gasteiger partial charge in [0.15, 0.2) is 0 Å². The highest BCUT2D eigenvalue weighted by molar-refractivity contribution is 7.86. The Kier molecular flexibility index (Phi) is 5.35. The minimum Gasteiger partial charge on any atom is -0.341 e. The fraction of sp³-hybridized carbons (Fsp3) is 0.667. The van der Waals surface area contributed by atoms with Gasteiger partial charge in [-0.05, 0) is 41.7 Å². The van der Waals surface area contributed by atoms with Gasteiger partial charge in [0.2, 0.25) is 5.91 Å². The molecule has 2 saturated heterocycles. The van der Waals surface area contributed by atoms with Gasteiger partial charge in [-0.25, -0.2) is 0 Å². The Morgan fingerprint density at radius 1 is 1.00 bits per heavy atom. The van der Waals surface area contributed by atoms with Crippen LogP contribution in [0.15, 0.2) is 16.8 Å².